The van der Waals surface area contributed by atoms with E-state index in [0.29, 0.717) is 12.8 Å². The van der Waals surface area contributed by atoms with Crippen LogP contribution in [0.1, 0.15) is 284 Å². The summed E-state index contributed by atoms with van der Waals surface area (Å²) in [4.78, 5) is 26.6. The lowest BCUT2D eigenvalue weighted by Gasteiger charge is -2.41. The quantitative estimate of drug-likeness (QED) is 0.0195. The van der Waals surface area contributed by atoms with Gasteiger partial charge in [-0.05, 0) is 103 Å². The number of allylic oxidation sites excluding steroid dienone is 15. The van der Waals surface area contributed by atoms with Crippen LogP contribution in [0.2, 0.25) is 0 Å². The molecule has 6 N–H and O–H groups in total. The van der Waals surface area contributed by atoms with Crippen molar-refractivity contribution in [1.82, 2.24) is 5.32 Å². The highest BCUT2D eigenvalue weighted by Gasteiger charge is 2.47. The summed E-state index contributed by atoms with van der Waals surface area (Å²) in [6.45, 7) is 5.68. The van der Waals surface area contributed by atoms with Crippen molar-refractivity contribution < 1.29 is 49.3 Å². The molecule has 11 nitrogen and oxygen atoms in total. The van der Waals surface area contributed by atoms with Crippen LogP contribution in [0.5, 0.6) is 0 Å². The van der Waals surface area contributed by atoms with Gasteiger partial charge in [0.15, 0.2) is 12.4 Å². The first-order valence-electron chi connectivity index (χ1n) is 34.0. The summed E-state index contributed by atoms with van der Waals surface area (Å²) >= 11 is 0. The number of rotatable bonds is 57. The maximum absolute atomic E-state index is 13.5. The fraction of sp³-hybridized carbons (Fsp3) is 0.750. The summed E-state index contributed by atoms with van der Waals surface area (Å²) < 4.78 is 17.7. The fourth-order valence-electron chi connectivity index (χ4n) is 10.1. The Morgan fingerprint density at radius 1 is 0.482 bits per heavy atom. The Balaban J connectivity index is 2.66. The lowest BCUT2D eigenvalue weighted by Crippen LogP contribution is -2.61. The van der Waals surface area contributed by atoms with Gasteiger partial charge in [-0.2, -0.15) is 0 Å². The number of esters is 1. The van der Waals surface area contributed by atoms with E-state index < -0.39 is 67.4 Å². The largest absolute Gasteiger partial charge is 0.454 e. The zero-order valence-electron chi connectivity index (χ0n) is 53.0. The van der Waals surface area contributed by atoms with E-state index in [4.69, 9.17) is 14.2 Å². The molecule has 0 aromatic heterocycles. The Morgan fingerprint density at radius 2 is 0.867 bits per heavy atom. The lowest BCUT2D eigenvalue weighted by molar-refractivity contribution is -0.305. The van der Waals surface area contributed by atoms with Crippen LogP contribution < -0.4 is 5.32 Å². The number of nitrogens with one attached hydrogen (secondary N) is 1. The highest BCUT2D eigenvalue weighted by atomic mass is 16.7. The summed E-state index contributed by atoms with van der Waals surface area (Å²) in [6.07, 6.45) is 68.6. The van der Waals surface area contributed by atoms with Crippen LogP contribution in [-0.4, -0.2) is 99.6 Å². The molecule has 0 spiro atoms. The van der Waals surface area contributed by atoms with E-state index in [0.717, 1.165) is 109 Å². The van der Waals surface area contributed by atoms with Gasteiger partial charge in [0.2, 0.25) is 5.91 Å². The first-order valence-corrected chi connectivity index (χ1v) is 34.0. The predicted octanol–water partition coefficient (Wildman–Crippen LogP) is 17.1. The van der Waals surface area contributed by atoms with Crippen LogP contribution in [0.3, 0.4) is 0 Å². The van der Waals surface area contributed by atoms with Crippen molar-refractivity contribution in [1.29, 1.82) is 0 Å². The summed E-state index contributed by atoms with van der Waals surface area (Å²) in [5, 5.41) is 57.2. The molecule has 1 aliphatic heterocycles. The van der Waals surface area contributed by atoms with Crippen molar-refractivity contribution in [2.24, 2.45) is 0 Å². The minimum atomic E-state index is -1.63. The molecule has 0 bridgehead atoms. The molecular formula is C72H125NO10. The van der Waals surface area contributed by atoms with Crippen molar-refractivity contribution in [2.45, 2.75) is 333 Å². The van der Waals surface area contributed by atoms with Crippen LogP contribution in [-0.2, 0) is 23.8 Å². The van der Waals surface area contributed by atoms with Crippen molar-refractivity contribution in [3.05, 3.63) is 97.2 Å². The molecule has 0 aromatic carbocycles. The number of aliphatic hydroxyl groups excluding tert-OH is 5. The standard InChI is InChI=1S/C72H125NO10/c1-4-7-10-13-16-19-22-25-27-29-31-32-33-34-35-37-39-42-45-48-51-54-57-60-67(77)83-70-69(79)68(78)66(61-74)82-72(70)81-62-63(64(75)58-55-52-49-46-43-40-24-21-18-15-12-9-6-3)73-71(80)65(76)59-56-53-50-47-44-41-38-36-30-28-26-23-20-17-14-11-8-5-2/h7,10,16,19,25-28,31-32,34-35,39,42,55,58,63-66,68-70,72,74-76,78-79H,4-6,8-9,11-15,17-18,20-24,29-30,33,36-38,40-41,43-54,56-57,59-62H2,1-3H3,(H,73,80)/b10-7-,19-16-,27-25-,28-26+,32-31-,35-34-,42-39-,58-55+. The summed E-state index contributed by atoms with van der Waals surface area (Å²) in [6, 6.07) is -1.04. The second kappa shape index (κ2) is 58.9. The van der Waals surface area contributed by atoms with E-state index in [2.05, 4.69) is 111 Å². The molecule has 478 valence electrons. The minimum absolute atomic E-state index is 0.0893. The van der Waals surface area contributed by atoms with Crippen LogP contribution in [0.25, 0.3) is 0 Å². The van der Waals surface area contributed by atoms with Crippen molar-refractivity contribution in [2.75, 3.05) is 13.2 Å². The smallest absolute Gasteiger partial charge is 0.306 e. The van der Waals surface area contributed by atoms with Crippen molar-refractivity contribution in [3.63, 3.8) is 0 Å². The SMILES string of the molecule is CC/C=C\C/C=C\C/C=C\C/C=C\C/C=C\C/C=C\CCCCCCC(=O)OC1C(OCC(NC(=O)C(O)CCCCCCCCCC/C=C/CCCCCCCC)C(O)/C=C/CCCCCCCCCCCCC)OC(CO)C(O)C1O. The van der Waals surface area contributed by atoms with Crippen LogP contribution in [0, 0.1) is 0 Å². The molecular weight excluding hydrogens is 1040 g/mol. The summed E-state index contributed by atoms with van der Waals surface area (Å²) in [5.74, 6) is -1.22. The molecule has 1 fully saturated rings. The molecule has 8 atom stereocenters. The van der Waals surface area contributed by atoms with Crippen molar-refractivity contribution in [3.8, 4) is 0 Å². The van der Waals surface area contributed by atoms with Gasteiger partial charge in [-0.1, -0.05) is 272 Å². The number of aliphatic hydroxyl groups is 5. The Kier molecular flexibility index (Phi) is 55.1. The third-order valence-corrected chi connectivity index (χ3v) is 15.5. The number of hydrogen-bond donors (Lipinski definition) is 6. The van der Waals surface area contributed by atoms with Gasteiger partial charge in [0.25, 0.3) is 0 Å². The molecule has 1 heterocycles. The molecule has 83 heavy (non-hydrogen) atoms. The third kappa shape index (κ3) is 46.5. The maximum atomic E-state index is 13.5. The Labute approximate surface area is 507 Å². The lowest BCUT2D eigenvalue weighted by atomic mass is 9.99. The monoisotopic (exact) mass is 1160 g/mol. The molecule has 0 aliphatic carbocycles. The van der Waals surface area contributed by atoms with E-state index in [9.17, 15) is 35.1 Å². The number of ether oxygens (including phenoxy) is 3. The van der Waals surface area contributed by atoms with Gasteiger partial charge in [-0.15, -0.1) is 0 Å². The van der Waals surface area contributed by atoms with Gasteiger partial charge in [0, 0.05) is 6.42 Å². The highest BCUT2D eigenvalue weighted by Crippen LogP contribution is 2.26. The topological polar surface area (TPSA) is 175 Å². The molecule has 0 aromatic rings. The summed E-state index contributed by atoms with van der Waals surface area (Å²) in [7, 11) is 0. The van der Waals surface area contributed by atoms with Crippen LogP contribution >= 0.6 is 0 Å². The van der Waals surface area contributed by atoms with Gasteiger partial charge < -0.3 is 45.1 Å². The van der Waals surface area contributed by atoms with E-state index in [1.165, 1.54) is 128 Å². The fourth-order valence-corrected chi connectivity index (χ4v) is 10.1. The van der Waals surface area contributed by atoms with Gasteiger partial charge in [-0.25, -0.2) is 0 Å². The Bertz CT molecular complexity index is 1720. The first-order chi connectivity index (χ1) is 40.7. The maximum Gasteiger partial charge on any atom is 0.306 e. The number of carbonyl (C=O) groups is 2. The number of hydrogen-bond acceptors (Lipinski definition) is 10. The molecule has 11 heteroatoms. The van der Waals surface area contributed by atoms with E-state index >= 15 is 0 Å². The molecule has 1 saturated heterocycles. The first kappa shape index (κ1) is 77.6. The molecule has 0 saturated carbocycles. The van der Waals surface area contributed by atoms with Gasteiger partial charge in [-0.3, -0.25) is 9.59 Å². The Hall–Kier alpha value is -3.42. The highest BCUT2D eigenvalue weighted by molar-refractivity contribution is 5.80. The second-order valence-electron chi connectivity index (χ2n) is 23.2. The minimum Gasteiger partial charge on any atom is -0.454 e. The number of amides is 1. The zero-order valence-corrected chi connectivity index (χ0v) is 53.0. The predicted molar refractivity (Wildman–Crippen MR) is 347 cm³/mol. The van der Waals surface area contributed by atoms with Gasteiger partial charge in [0.1, 0.15) is 24.4 Å². The van der Waals surface area contributed by atoms with Crippen LogP contribution in [0.15, 0.2) is 97.2 Å². The van der Waals surface area contributed by atoms with E-state index in [1.807, 2.05) is 6.08 Å². The number of unbranched alkanes of at least 4 members (excludes halogenated alkanes) is 29. The molecule has 8 unspecified atom stereocenters. The molecule has 1 aliphatic rings. The normalized spacial score (nSPS) is 19.2. The van der Waals surface area contributed by atoms with Gasteiger partial charge >= 0.3 is 5.97 Å². The van der Waals surface area contributed by atoms with Crippen molar-refractivity contribution >= 4 is 11.9 Å². The average Bonchev–Trinajstić information content (AvgIpc) is 3.50. The Morgan fingerprint density at radius 3 is 1.31 bits per heavy atom. The number of carbonyl (C=O) groups excluding carboxylic acids is 2. The molecule has 0 radical (unpaired) electrons. The summed E-state index contributed by atoms with van der Waals surface area (Å²) in [5.41, 5.74) is 0. The van der Waals surface area contributed by atoms with E-state index in [-0.39, 0.29) is 19.4 Å². The van der Waals surface area contributed by atoms with E-state index in [1.54, 1.807) is 6.08 Å². The zero-order chi connectivity index (χ0) is 60.3. The average molecular weight is 1160 g/mol. The van der Waals surface area contributed by atoms with Crippen LogP contribution in [0.4, 0.5) is 0 Å². The second-order valence-corrected chi connectivity index (χ2v) is 23.2. The molecule has 1 rings (SSSR count). The molecule has 1 amide bonds. The third-order valence-electron chi connectivity index (χ3n) is 15.5. The van der Waals surface area contributed by atoms with Gasteiger partial charge in [0.05, 0.1) is 25.4 Å².